The van der Waals surface area contributed by atoms with Gasteiger partial charge in [0.2, 0.25) is 5.91 Å². The van der Waals surface area contributed by atoms with Gasteiger partial charge in [0, 0.05) is 51.2 Å². The predicted molar refractivity (Wildman–Crippen MR) is 111 cm³/mol. The first-order chi connectivity index (χ1) is 14.5. The highest BCUT2D eigenvalue weighted by atomic mass is 19.1. The molecule has 0 radical (unpaired) electrons. The van der Waals surface area contributed by atoms with Crippen molar-refractivity contribution in [1.29, 1.82) is 0 Å². The quantitative estimate of drug-likeness (QED) is 0.808. The van der Waals surface area contributed by atoms with Crippen LogP contribution >= 0.6 is 0 Å². The molecule has 30 heavy (non-hydrogen) atoms. The average molecular weight is 413 g/mol. The van der Waals surface area contributed by atoms with Crippen LogP contribution in [-0.2, 0) is 9.53 Å². The number of hydrogen-bond acceptors (Lipinski definition) is 6. The van der Waals surface area contributed by atoms with Gasteiger partial charge < -0.3 is 19.9 Å². The molecule has 0 spiro atoms. The van der Waals surface area contributed by atoms with E-state index in [1.807, 2.05) is 17.0 Å². The second-order valence-electron chi connectivity index (χ2n) is 7.37. The summed E-state index contributed by atoms with van der Waals surface area (Å²) in [5.74, 6) is -0.563. The van der Waals surface area contributed by atoms with Gasteiger partial charge >= 0.3 is 6.09 Å². The topological polar surface area (TPSA) is 78.0 Å². The summed E-state index contributed by atoms with van der Waals surface area (Å²) in [4.78, 5) is 32.9. The number of rotatable bonds is 5. The standard InChI is InChI=1S/C21H24FN5O3/c1-15(28)24-13-18-14-27(21(29)30-18)17-2-3-20(19(22)12-17)26-10-8-25(9-11-26)16-4-6-23-7-5-16/h2-7,12,18H,8-11,13-14H2,1H3,(H,24,28)/t18-/m0/s1. The van der Waals surface area contributed by atoms with Crippen molar-refractivity contribution in [2.45, 2.75) is 13.0 Å². The van der Waals surface area contributed by atoms with E-state index in [4.69, 9.17) is 4.74 Å². The summed E-state index contributed by atoms with van der Waals surface area (Å²) < 4.78 is 20.1. The highest BCUT2D eigenvalue weighted by Crippen LogP contribution is 2.29. The summed E-state index contributed by atoms with van der Waals surface area (Å²) >= 11 is 0. The fraction of sp³-hybridized carbons (Fsp3) is 0.381. The van der Waals surface area contributed by atoms with E-state index < -0.39 is 12.2 Å². The minimum Gasteiger partial charge on any atom is -0.442 e. The number of ether oxygens (including phenoxy) is 1. The van der Waals surface area contributed by atoms with Crippen molar-refractivity contribution in [2.24, 2.45) is 0 Å². The zero-order valence-electron chi connectivity index (χ0n) is 16.8. The molecule has 0 bridgehead atoms. The number of pyridine rings is 1. The van der Waals surface area contributed by atoms with E-state index in [0.29, 0.717) is 24.5 Å². The van der Waals surface area contributed by atoms with E-state index in [1.165, 1.54) is 17.9 Å². The van der Waals surface area contributed by atoms with Gasteiger partial charge in [-0.1, -0.05) is 0 Å². The summed E-state index contributed by atoms with van der Waals surface area (Å²) in [6.45, 7) is 4.87. The molecule has 1 atom stereocenters. The van der Waals surface area contributed by atoms with Crippen molar-refractivity contribution in [3.8, 4) is 0 Å². The van der Waals surface area contributed by atoms with Gasteiger partial charge in [-0.15, -0.1) is 0 Å². The lowest BCUT2D eigenvalue weighted by Crippen LogP contribution is -2.46. The second kappa shape index (κ2) is 8.56. The van der Waals surface area contributed by atoms with Crippen LogP contribution in [0.2, 0.25) is 0 Å². The number of hydrogen-bond donors (Lipinski definition) is 1. The minimum absolute atomic E-state index is 0.191. The largest absolute Gasteiger partial charge is 0.442 e. The Morgan fingerprint density at radius 3 is 2.50 bits per heavy atom. The molecule has 2 aliphatic rings. The van der Waals surface area contributed by atoms with Crippen LogP contribution < -0.4 is 20.0 Å². The molecule has 0 unspecified atom stereocenters. The average Bonchev–Trinajstić information content (AvgIpc) is 3.13. The molecule has 4 rings (SSSR count). The van der Waals surface area contributed by atoms with Gasteiger partial charge in [0.15, 0.2) is 0 Å². The van der Waals surface area contributed by atoms with Crippen LogP contribution in [0.3, 0.4) is 0 Å². The molecule has 0 saturated carbocycles. The third kappa shape index (κ3) is 4.29. The van der Waals surface area contributed by atoms with Crippen LogP contribution in [0.1, 0.15) is 6.92 Å². The molecule has 9 heteroatoms. The minimum atomic E-state index is -0.538. The second-order valence-corrected chi connectivity index (χ2v) is 7.37. The first kappa shape index (κ1) is 19.9. The van der Waals surface area contributed by atoms with Crippen molar-refractivity contribution in [3.63, 3.8) is 0 Å². The Kier molecular flexibility index (Phi) is 5.69. The molecule has 8 nitrogen and oxygen atoms in total. The van der Waals surface area contributed by atoms with Gasteiger partial charge in [-0.2, -0.15) is 0 Å². The van der Waals surface area contributed by atoms with Crippen LogP contribution in [0.25, 0.3) is 0 Å². The summed E-state index contributed by atoms with van der Waals surface area (Å²) in [6.07, 6.45) is 2.54. The molecule has 2 amide bonds. The van der Waals surface area contributed by atoms with Crippen LogP contribution in [0.4, 0.5) is 26.2 Å². The first-order valence-corrected chi connectivity index (χ1v) is 9.93. The molecule has 2 saturated heterocycles. The smallest absolute Gasteiger partial charge is 0.414 e. The van der Waals surface area contributed by atoms with Crippen LogP contribution in [0.15, 0.2) is 42.7 Å². The summed E-state index contributed by atoms with van der Waals surface area (Å²) in [7, 11) is 0. The number of carbonyl (C=O) groups is 2. The molecule has 1 aromatic heterocycles. The van der Waals surface area contributed by atoms with E-state index in [2.05, 4.69) is 15.2 Å². The number of amides is 2. The Balaban J connectivity index is 1.39. The Labute approximate surface area is 174 Å². The molecule has 158 valence electrons. The van der Waals surface area contributed by atoms with E-state index in [-0.39, 0.29) is 24.8 Å². The van der Waals surface area contributed by atoms with Crippen molar-refractivity contribution in [3.05, 3.63) is 48.5 Å². The monoisotopic (exact) mass is 413 g/mol. The van der Waals surface area contributed by atoms with Gasteiger partial charge in [0.1, 0.15) is 11.9 Å². The molecule has 3 heterocycles. The lowest BCUT2D eigenvalue weighted by Gasteiger charge is -2.37. The van der Waals surface area contributed by atoms with Crippen molar-refractivity contribution >= 4 is 29.1 Å². The van der Waals surface area contributed by atoms with E-state index >= 15 is 0 Å². The molecule has 2 aliphatic heterocycles. The van der Waals surface area contributed by atoms with Crippen molar-refractivity contribution in [2.75, 3.05) is 54.0 Å². The maximum atomic E-state index is 14.9. The van der Waals surface area contributed by atoms with Gasteiger partial charge in [-0.3, -0.25) is 14.7 Å². The third-order valence-corrected chi connectivity index (χ3v) is 5.34. The molecule has 1 aromatic carbocycles. The lowest BCUT2D eigenvalue weighted by atomic mass is 10.2. The van der Waals surface area contributed by atoms with Crippen molar-refractivity contribution < 1.29 is 18.7 Å². The van der Waals surface area contributed by atoms with E-state index in [9.17, 15) is 14.0 Å². The van der Waals surface area contributed by atoms with Gasteiger partial charge in [0.25, 0.3) is 0 Å². The zero-order valence-corrected chi connectivity index (χ0v) is 16.8. The predicted octanol–water partition coefficient (Wildman–Crippen LogP) is 2.01. The maximum absolute atomic E-state index is 14.9. The number of cyclic esters (lactones) is 1. The molecule has 2 aromatic rings. The number of benzene rings is 1. The van der Waals surface area contributed by atoms with Crippen LogP contribution in [0.5, 0.6) is 0 Å². The first-order valence-electron chi connectivity index (χ1n) is 9.93. The fourth-order valence-corrected chi connectivity index (χ4v) is 3.78. The fourth-order valence-electron chi connectivity index (χ4n) is 3.78. The SMILES string of the molecule is CC(=O)NC[C@H]1CN(c2ccc(N3CCN(c4ccncc4)CC3)c(F)c2)C(=O)O1. The summed E-state index contributed by atoms with van der Waals surface area (Å²) in [5, 5.41) is 2.63. The van der Waals surface area contributed by atoms with Crippen molar-refractivity contribution in [1.82, 2.24) is 10.3 Å². The number of carbonyl (C=O) groups excluding carboxylic acids is 2. The lowest BCUT2D eigenvalue weighted by molar-refractivity contribution is -0.119. The van der Waals surface area contributed by atoms with E-state index in [0.717, 1.165) is 18.8 Å². The summed E-state index contributed by atoms with van der Waals surface area (Å²) in [5.41, 5.74) is 2.08. The number of halogens is 1. The molecule has 2 fully saturated rings. The number of piperazine rings is 1. The highest BCUT2D eigenvalue weighted by Gasteiger charge is 2.33. The molecule has 1 N–H and O–H groups in total. The number of nitrogens with zero attached hydrogens (tertiary/aromatic N) is 4. The Bertz CT molecular complexity index is 918. The van der Waals surface area contributed by atoms with Gasteiger partial charge in [-0.25, -0.2) is 9.18 Å². The van der Waals surface area contributed by atoms with Gasteiger partial charge in [0.05, 0.1) is 24.5 Å². The summed E-state index contributed by atoms with van der Waals surface area (Å²) in [6, 6.07) is 8.75. The molecular formula is C21H24FN5O3. The van der Waals surface area contributed by atoms with E-state index in [1.54, 1.807) is 24.5 Å². The number of anilines is 3. The van der Waals surface area contributed by atoms with Crippen LogP contribution in [0, 0.1) is 5.82 Å². The normalized spacial score (nSPS) is 19.1. The maximum Gasteiger partial charge on any atom is 0.414 e. The highest BCUT2D eigenvalue weighted by molar-refractivity contribution is 5.90. The Morgan fingerprint density at radius 2 is 1.83 bits per heavy atom. The van der Waals surface area contributed by atoms with Gasteiger partial charge in [-0.05, 0) is 30.3 Å². The third-order valence-electron chi connectivity index (χ3n) is 5.34. The Hall–Kier alpha value is -3.36. The van der Waals surface area contributed by atoms with Crippen LogP contribution in [-0.4, -0.2) is 62.4 Å². The molecule has 0 aliphatic carbocycles. The number of aromatic nitrogens is 1. The number of nitrogens with one attached hydrogen (secondary N) is 1. The Morgan fingerprint density at radius 1 is 1.13 bits per heavy atom. The zero-order chi connectivity index (χ0) is 21.1. The molecular weight excluding hydrogens is 389 g/mol.